The van der Waals surface area contributed by atoms with E-state index in [9.17, 15) is 4.79 Å². The van der Waals surface area contributed by atoms with E-state index in [0.717, 1.165) is 32.7 Å². The summed E-state index contributed by atoms with van der Waals surface area (Å²) in [5.74, 6) is 2.13. The van der Waals surface area contributed by atoms with Gasteiger partial charge in [-0.1, -0.05) is 45.5 Å². The highest BCUT2D eigenvalue weighted by Crippen LogP contribution is 2.23. The molecule has 0 radical (unpaired) electrons. The number of carbonyl (C=O) groups excluding carboxylic acids is 1. The van der Waals surface area contributed by atoms with Gasteiger partial charge in [-0.15, -0.1) is 0 Å². The summed E-state index contributed by atoms with van der Waals surface area (Å²) in [5.41, 5.74) is 1.63. The topological polar surface area (TPSA) is 43.6 Å². The summed E-state index contributed by atoms with van der Waals surface area (Å²) in [5, 5.41) is 0. The van der Waals surface area contributed by atoms with Crippen molar-refractivity contribution in [3.63, 3.8) is 0 Å². The number of fused-ring (bicyclic) bond motifs is 1. The normalized spacial score (nSPS) is 11.7. The van der Waals surface area contributed by atoms with Gasteiger partial charge in [0.2, 0.25) is 0 Å². The molecular formula is C23H19BrN2O2S2. The van der Waals surface area contributed by atoms with Gasteiger partial charge in [-0.3, -0.25) is 4.79 Å². The van der Waals surface area contributed by atoms with E-state index in [1.165, 1.54) is 11.3 Å². The molecule has 0 aliphatic heterocycles. The van der Waals surface area contributed by atoms with Gasteiger partial charge in [0.05, 0.1) is 10.2 Å². The van der Waals surface area contributed by atoms with Gasteiger partial charge < -0.3 is 9.30 Å². The molecule has 4 nitrogen and oxygen atoms in total. The lowest BCUT2D eigenvalue weighted by atomic mass is 10.2. The summed E-state index contributed by atoms with van der Waals surface area (Å²) < 4.78 is 10.0. The molecule has 0 aliphatic rings. The van der Waals surface area contributed by atoms with Crippen LogP contribution in [0, 0.1) is 0 Å². The minimum absolute atomic E-state index is 0.259. The number of hydrogen-bond donors (Lipinski definition) is 0. The average molecular weight is 499 g/mol. The first kappa shape index (κ1) is 20.9. The zero-order chi connectivity index (χ0) is 20.9. The zero-order valence-corrected chi connectivity index (χ0v) is 19.5. The zero-order valence-electron chi connectivity index (χ0n) is 16.2. The molecule has 1 heterocycles. The van der Waals surface area contributed by atoms with Crippen LogP contribution in [0.25, 0.3) is 10.2 Å². The molecule has 0 saturated carbocycles. The number of ether oxygens (including phenoxy) is 1. The number of aromatic nitrogens is 1. The third-order valence-electron chi connectivity index (χ3n) is 4.44. The van der Waals surface area contributed by atoms with E-state index in [1.54, 1.807) is 36.0 Å². The molecule has 0 unspecified atom stereocenters. The SMILES string of the molecule is CSCCn1c(=NC(=O)c2ccc(Oc3ccccc3)cc2)sc2cc(Br)ccc21. The number of rotatable bonds is 6. The second kappa shape index (κ2) is 9.64. The van der Waals surface area contributed by atoms with Crippen molar-refractivity contribution < 1.29 is 9.53 Å². The summed E-state index contributed by atoms with van der Waals surface area (Å²) in [7, 11) is 0. The van der Waals surface area contributed by atoms with Crippen molar-refractivity contribution in [1.82, 2.24) is 4.57 Å². The molecule has 1 aromatic heterocycles. The largest absolute Gasteiger partial charge is 0.457 e. The molecule has 1 amide bonds. The monoisotopic (exact) mass is 498 g/mol. The summed E-state index contributed by atoms with van der Waals surface area (Å²) in [6.07, 6.45) is 2.08. The number of hydrogen-bond acceptors (Lipinski definition) is 4. The Hall–Kier alpha value is -2.35. The first-order valence-corrected chi connectivity index (χ1v) is 12.3. The van der Waals surface area contributed by atoms with Crippen LogP contribution in [0.4, 0.5) is 0 Å². The van der Waals surface area contributed by atoms with E-state index in [-0.39, 0.29) is 5.91 Å². The number of thiazole rings is 1. The predicted molar refractivity (Wildman–Crippen MR) is 129 cm³/mol. The average Bonchev–Trinajstić information content (AvgIpc) is 3.09. The second-order valence-corrected chi connectivity index (χ2v) is 9.41. The van der Waals surface area contributed by atoms with E-state index in [2.05, 4.69) is 43.9 Å². The smallest absolute Gasteiger partial charge is 0.279 e. The third-order valence-corrected chi connectivity index (χ3v) is 6.57. The van der Waals surface area contributed by atoms with Crippen LogP contribution in [0.2, 0.25) is 0 Å². The lowest BCUT2D eigenvalue weighted by molar-refractivity contribution is 0.0998. The van der Waals surface area contributed by atoms with Crippen LogP contribution in [0.1, 0.15) is 10.4 Å². The van der Waals surface area contributed by atoms with Crippen LogP contribution in [0.3, 0.4) is 0 Å². The molecule has 0 atom stereocenters. The van der Waals surface area contributed by atoms with Gasteiger partial charge in [0.15, 0.2) is 4.80 Å². The Morgan fingerprint density at radius 1 is 1.07 bits per heavy atom. The molecule has 0 saturated heterocycles. The Kier molecular flexibility index (Phi) is 6.72. The van der Waals surface area contributed by atoms with Gasteiger partial charge in [0.1, 0.15) is 11.5 Å². The minimum Gasteiger partial charge on any atom is -0.457 e. The van der Waals surface area contributed by atoms with Gasteiger partial charge >= 0.3 is 0 Å². The quantitative estimate of drug-likeness (QED) is 0.310. The van der Waals surface area contributed by atoms with E-state index in [0.29, 0.717) is 16.1 Å². The van der Waals surface area contributed by atoms with Crippen LogP contribution in [-0.2, 0) is 6.54 Å². The molecular weight excluding hydrogens is 480 g/mol. The van der Waals surface area contributed by atoms with Gasteiger partial charge in [0, 0.05) is 22.3 Å². The Labute approximate surface area is 191 Å². The van der Waals surface area contributed by atoms with Crippen molar-refractivity contribution in [1.29, 1.82) is 0 Å². The number of amides is 1. The summed E-state index contributed by atoms with van der Waals surface area (Å²) in [4.78, 5) is 18.0. The molecule has 4 aromatic rings. The highest BCUT2D eigenvalue weighted by molar-refractivity contribution is 9.10. The van der Waals surface area contributed by atoms with Crippen molar-refractivity contribution in [2.45, 2.75) is 6.54 Å². The van der Waals surface area contributed by atoms with Crippen molar-refractivity contribution in [2.75, 3.05) is 12.0 Å². The van der Waals surface area contributed by atoms with Gasteiger partial charge in [-0.2, -0.15) is 16.8 Å². The molecule has 0 N–H and O–H groups in total. The van der Waals surface area contributed by atoms with Crippen LogP contribution in [-0.4, -0.2) is 22.5 Å². The maximum Gasteiger partial charge on any atom is 0.279 e. The van der Waals surface area contributed by atoms with Crippen LogP contribution < -0.4 is 9.54 Å². The number of para-hydroxylation sites is 1. The van der Waals surface area contributed by atoms with E-state index < -0.39 is 0 Å². The fraction of sp³-hybridized carbons (Fsp3) is 0.130. The summed E-state index contributed by atoms with van der Waals surface area (Å²) in [6, 6.07) is 22.8. The summed E-state index contributed by atoms with van der Waals surface area (Å²) >= 11 is 6.82. The molecule has 0 bridgehead atoms. The molecule has 152 valence electrons. The third kappa shape index (κ3) is 4.86. The first-order valence-electron chi connectivity index (χ1n) is 9.34. The maximum atomic E-state index is 12.8. The molecule has 0 aliphatic carbocycles. The van der Waals surface area contributed by atoms with Crippen molar-refractivity contribution in [3.8, 4) is 11.5 Å². The Morgan fingerprint density at radius 3 is 2.53 bits per heavy atom. The van der Waals surface area contributed by atoms with Crippen LogP contribution in [0.15, 0.2) is 82.3 Å². The van der Waals surface area contributed by atoms with Crippen molar-refractivity contribution in [2.24, 2.45) is 4.99 Å². The lowest BCUT2D eigenvalue weighted by Gasteiger charge is -2.06. The van der Waals surface area contributed by atoms with Gasteiger partial charge in [-0.05, 0) is 60.9 Å². The molecule has 3 aromatic carbocycles. The van der Waals surface area contributed by atoms with E-state index in [1.807, 2.05) is 36.4 Å². The summed E-state index contributed by atoms with van der Waals surface area (Å²) in [6.45, 7) is 0.804. The second-order valence-electron chi connectivity index (χ2n) is 6.50. The Bertz CT molecular complexity index is 1230. The predicted octanol–water partition coefficient (Wildman–Crippen LogP) is 6.36. The first-order chi connectivity index (χ1) is 14.6. The van der Waals surface area contributed by atoms with Crippen molar-refractivity contribution >= 4 is 55.2 Å². The lowest BCUT2D eigenvalue weighted by Crippen LogP contribution is -2.18. The van der Waals surface area contributed by atoms with Crippen molar-refractivity contribution in [3.05, 3.63) is 87.6 Å². The Balaban J connectivity index is 1.62. The number of aryl methyl sites for hydroxylation is 1. The van der Waals surface area contributed by atoms with Gasteiger partial charge in [-0.25, -0.2) is 0 Å². The Morgan fingerprint density at radius 2 is 1.80 bits per heavy atom. The number of halogens is 1. The molecule has 4 rings (SSSR count). The molecule has 7 heteroatoms. The number of benzene rings is 3. The highest BCUT2D eigenvalue weighted by atomic mass is 79.9. The molecule has 30 heavy (non-hydrogen) atoms. The number of carbonyl (C=O) groups is 1. The standard InChI is InChI=1S/C23H19BrN2O2S2/c1-29-14-13-26-20-12-9-17(24)15-21(20)30-23(26)25-22(27)16-7-10-19(11-8-16)28-18-5-3-2-4-6-18/h2-12,15H,13-14H2,1H3. The van der Waals surface area contributed by atoms with E-state index >= 15 is 0 Å². The molecule has 0 fully saturated rings. The molecule has 0 spiro atoms. The fourth-order valence-electron chi connectivity index (χ4n) is 2.97. The minimum atomic E-state index is -0.259. The number of nitrogens with zero attached hydrogens (tertiary/aromatic N) is 2. The fourth-order valence-corrected chi connectivity index (χ4v) is 4.94. The van der Waals surface area contributed by atoms with Crippen LogP contribution in [0.5, 0.6) is 11.5 Å². The number of thioether (sulfide) groups is 1. The van der Waals surface area contributed by atoms with Crippen LogP contribution >= 0.6 is 39.0 Å². The highest BCUT2D eigenvalue weighted by Gasteiger charge is 2.10. The maximum absolute atomic E-state index is 12.8. The van der Waals surface area contributed by atoms with E-state index in [4.69, 9.17) is 4.74 Å². The van der Waals surface area contributed by atoms with Gasteiger partial charge in [0.25, 0.3) is 5.91 Å².